The number of likely N-dealkylation sites (tertiary alicyclic amines) is 1. The molecule has 2 atom stereocenters. The van der Waals surface area contributed by atoms with E-state index in [0.717, 1.165) is 12.8 Å². The fourth-order valence-corrected chi connectivity index (χ4v) is 4.81. The van der Waals surface area contributed by atoms with Crippen LogP contribution in [-0.4, -0.2) is 55.8 Å². The molecule has 0 aliphatic carbocycles. The van der Waals surface area contributed by atoms with Gasteiger partial charge in [0.05, 0.1) is 6.26 Å². The zero-order chi connectivity index (χ0) is 18.5. The van der Waals surface area contributed by atoms with Gasteiger partial charge < -0.3 is 9.32 Å². The fourth-order valence-electron chi connectivity index (χ4n) is 4.81. The van der Waals surface area contributed by atoms with Gasteiger partial charge >= 0.3 is 0 Å². The van der Waals surface area contributed by atoms with E-state index in [2.05, 4.69) is 10.2 Å². The molecule has 8 heteroatoms. The van der Waals surface area contributed by atoms with E-state index in [4.69, 9.17) is 4.42 Å². The van der Waals surface area contributed by atoms with Crippen LogP contribution >= 0.6 is 0 Å². The molecule has 2 aromatic rings. The topological polar surface area (TPSA) is 99.5 Å². The molecular formula is C19H20N4O4. The highest BCUT2D eigenvalue weighted by Gasteiger charge is 2.48. The molecule has 140 valence electrons. The zero-order valence-corrected chi connectivity index (χ0v) is 14.8. The highest BCUT2D eigenvalue weighted by Crippen LogP contribution is 2.39. The van der Waals surface area contributed by atoms with E-state index in [1.807, 2.05) is 4.90 Å². The number of nitrogens with zero attached hydrogens (tertiary/aromatic N) is 3. The van der Waals surface area contributed by atoms with Crippen LogP contribution in [0.5, 0.6) is 0 Å². The van der Waals surface area contributed by atoms with Crippen LogP contribution in [-0.2, 0) is 9.59 Å². The summed E-state index contributed by atoms with van der Waals surface area (Å²) in [5, 5.41) is 7.02. The lowest BCUT2D eigenvalue weighted by atomic mass is 9.95. The number of hydrogen-bond acceptors (Lipinski definition) is 5. The number of piperidine rings is 1. The SMILES string of the molecule is O=C1CCC(=O)N1C1CC2CCC(C1)N2C(=O)c1cc(-c2ccco2)[nH]n1. The first kappa shape index (κ1) is 16.3. The first-order valence-electron chi connectivity index (χ1n) is 9.38. The number of hydrogen-bond donors (Lipinski definition) is 1. The number of aromatic nitrogens is 2. The van der Waals surface area contributed by atoms with Crippen molar-refractivity contribution in [3.05, 3.63) is 30.2 Å². The minimum absolute atomic E-state index is 0.0474. The smallest absolute Gasteiger partial charge is 0.274 e. The van der Waals surface area contributed by atoms with Crippen LogP contribution < -0.4 is 0 Å². The van der Waals surface area contributed by atoms with E-state index in [1.165, 1.54) is 4.90 Å². The third kappa shape index (κ3) is 2.58. The average Bonchev–Trinajstić information content (AvgIpc) is 3.42. The maximum atomic E-state index is 13.1. The number of nitrogens with one attached hydrogen (secondary N) is 1. The maximum Gasteiger partial charge on any atom is 0.274 e. The van der Waals surface area contributed by atoms with E-state index in [1.54, 1.807) is 24.5 Å². The van der Waals surface area contributed by atoms with Crippen LogP contribution in [0.3, 0.4) is 0 Å². The molecule has 5 rings (SSSR count). The molecule has 3 aliphatic heterocycles. The molecule has 2 unspecified atom stereocenters. The van der Waals surface area contributed by atoms with Crippen molar-refractivity contribution in [1.29, 1.82) is 0 Å². The van der Waals surface area contributed by atoms with Crippen LogP contribution in [0.2, 0.25) is 0 Å². The first-order valence-corrected chi connectivity index (χ1v) is 9.38. The van der Waals surface area contributed by atoms with Crippen LogP contribution in [0.25, 0.3) is 11.5 Å². The number of furan rings is 1. The summed E-state index contributed by atoms with van der Waals surface area (Å²) >= 11 is 0. The largest absolute Gasteiger partial charge is 0.463 e. The van der Waals surface area contributed by atoms with Gasteiger partial charge in [0.15, 0.2) is 11.5 Å². The lowest BCUT2D eigenvalue weighted by Gasteiger charge is -2.41. The molecule has 3 fully saturated rings. The van der Waals surface area contributed by atoms with Crippen LogP contribution in [0, 0.1) is 0 Å². The van der Waals surface area contributed by atoms with E-state index in [0.29, 0.717) is 42.8 Å². The Labute approximate surface area is 155 Å². The van der Waals surface area contributed by atoms with Crippen molar-refractivity contribution in [2.75, 3.05) is 0 Å². The summed E-state index contributed by atoms with van der Waals surface area (Å²) in [6.07, 6.45) is 5.33. The molecule has 0 aromatic carbocycles. The van der Waals surface area contributed by atoms with Gasteiger partial charge in [-0.25, -0.2) is 0 Å². The number of aromatic amines is 1. The van der Waals surface area contributed by atoms with Gasteiger partial charge in [0.2, 0.25) is 11.8 Å². The molecule has 3 aliphatic rings. The summed E-state index contributed by atoms with van der Waals surface area (Å²) in [7, 11) is 0. The number of carbonyl (C=O) groups excluding carboxylic acids is 3. The van der Waals surface area contributed by atoms with Crippen LogP contribution in [0.4, 0.5) is 0 Å². The van der Waals surface area contributed by atoms with Crippen molar-refractivity contribution in [2.45, 2.75) is 56.7 Å². The summed E-state index contributed by atoms with van der Waals surface area (Å²) in [6.45, 7) is 0. The third-order valence-corrected chi connectivity index (χ3v) is 5.98. The summed E-state index contributed by atoms with van der Waals surface area (Å²) in [5.74, 6) is 0.391. The monoisotopic (exact) mass is 368 g/mol. The molecule has 3 saturated heterocycles. The van der Waals surface area contributed by atoms with E-state index < -0.39 is 0 Å². The van der Waals surface area contributed by atoms with Crippen LogP contribution in [0.1, 0.15) is 49.0 Å². The predicted molar refractivity (Wildman–Crippen MR) is 93.4 cm³/mol. The molecule has 5 heterocycles. The second kappa shape index (κ2) is 6.07. The number of imide groups is 1. The van der Waals surface area contributed by atoms with Gasteiger partial charge in [-0.05, 0) is 37.8 Å². The Kier molecular flexibility index (Phi) is 3.66. The third-order valence-electron chi connectivity index (χ3n) is 5.98. The molecule has 27 heavy (non-hydrogen) atoms. The lowest BCUT2D eigenvalue weighted by molar-refractivity contribution is -0.142. The Morgan fingerprint density at radius 1 is 1.11 bits per heavy atom. The molecule has 0 saturated carbocycles. The molecular weight excluding hydrogens is 348 g/mol. The summed E-state index contributed by atoms with van der Waals surface area (Å²) < 4.78 is 5.34. The zero-order valence-electron chi connectivity index (χ0n) is 14.8. The fraction of sp³-hybridized carbons (Fsp3) is 0.474. The number of rotatable bonds is 3. The van der Waals surface area contributed by atoms with Gasteiger partial charge in [-0.1, -0.05) is 0 Å². The summed E-state index contributed by atoms with van der Waals surface area (Å²) in [4.78, 5) is 40.6. The highest BCUT2D eigenvalue weighted by molar-refractivity contribution is 6.02. The minimum atomic E-state index is -0.103. The quantitative estimate of drug-likeness (QED) is 0.835. The van der Waals surface area contributed by atoms with Crippen molar-refractivity contribution >= 4 is 17.7 Å². The Morgan fingerprint density at radius 3 is 2.44 bits per heavy atom. The van der Waals surface area contributed by atoms with Gasteiger partial charge in [-0.3, -0.25) is 24.4 Å². The molecule has 1 N–H and O–H groups in total. The second-order valence-electron chi connectivity index (χ2n) is 7.52. The van der Waals surface area contributed by atoms with Crippen molar-refractivity contribution in [1.82, 2.24) is 20.0 Å². The number of fused-ring (bicyclic) bond motifs is 2. The van der Waals surface area contributed by atoms with Gasteiger partial charge in [-0.2, -0.15) is 5.10 Å². The summed E-state index contributed by atoms with van der Waals surface area (Å²) in [6, 6.07) is 5.31. The van der Waals surface area contributed by atoms with Gasteiger partial charge in [0.25, 0.3) is 5.91 Å². The van der Waals surface area contributed by atoms with Crippen molar-refractivity contribution in [3.63, 3.8) is 0 Å². The first-order chi connectivity index (χ1) is 13.1. The maximum absolute atomic E-state index is 13.1. The van der Waals surface area contributed by atoms with Gasteiger partial charge in [0.1, 0.15) is 5.69 Å². The van der Waals surface area contributed by atoms with Crippen molar-refractivity contribution < 1.29 is 18.8 Å². The van der Waals surface area contributed by atoms with Crippen molar-refractivity contribution in [2.24, 2.45) is 0 Å². The van der Waals surface area contributed by atoms with E-state index in [-0.39, 0.29) is 35.8 Å². The molecule has 3 amide bonds. The molecule has 0 radical (unpaired) electrons. The second-order valence-corrected chi connectivity index (χ2v) is 7.52. The lowest BCUT2D eigenvalue weighted by Crippen LogP contribution is -2.53. The normalized spacial score (nSPS) is 27.6. The number of H-pyrrole nitrogens is 1. The standard InChI is InChI=1S/C19H20N4O4/c24-17-5-6-18(25)23(17)13-8-11-3-4-12(9-13)22(11)19(26)15-10-14(20-21-15)16-2-1-7-27-16/h1-2,7,10-13H,3-6,8-9H2,(H,20,21). The Bertz CT molecular complexity index is 873. The summed E-state index contributed by atoms with van der Waals surface area (Å²) in [5.41, 5.74) is 1.03. The Hall–Kier alpha value is -2.90. The molecule has 0 spiro atoms. The van der Waals surface area contributed by atoms with E-state index in [9.17, 15) is 14.4 Å². The molecule has 8 nitrogen and oxygen atoms in total. The van der Waals surface area contributed by atoms with Gasteiger partial charge in [-0.15, -0.1) is 0 Å². The van der Waals surface area contributed by atoms with Crippen molar-refractivity contribution in [3.8, 4) is 11.5 Å². The Morgan fingerprint density at radius 2 is 1.81 bits per heavy atom. The number of amides is 3. The average molecular weight is 368 g/mol. The van der Waals surface area contributed by atoms with E-state index >= 15 is 0 Å². The number of carbonyl (C=O) groups is 3. The van der Waals surface area contributed by atoms with Crippen LogP contribution in [0.15, 0.2) is 28.9 Å². The predicted octanol–water partition coefficient (Wildman–Crippen LogP) is 1.95. The highest BCUT2D eigenvalue weighted by atomic mass is 16.3. The van der Waals surface area contributed by atoms with Gasteiger partial charge in [0, 0.05) is 37.0 Å². The Balaban J connectivity index is 1.34. The minimum Gasteiger partial charge on any atom is -0.463 e. The molecule has 2 aromatic heterocycles. The molecule has 2 bridgehead atoms.